The first-order valence-corrected chi connectivity index (χ1v) is 12.2. The number of hydrogen-bond donors (Lipinski definition) is 1. The molecule has 1 saturated heterocycles. The van der Waals surface area contributed by atoms with Crippen LogP contribution in [0, 0.1) is 6.92 Å². The van der Waals surface area contributed by atoms with Gasteiger partial charge in [0.25, 0.3) is 10.0 Å². The number of hydrogen-bond acceptors (Lipinski definition) is 4. The van der Waals surface area contributed by atoms with E-state index in [2.05, 4.69) is 15.7 Å². The van der Waals surface area contributed by atoms with Crippen LogP contribution < -0.4 is 9.62 Å². The van der Waals surface area contributed by atoms with E-state index in [1.54, 1.807) is 42.5 Å². The van der Waals surface area contributed by atoms with E-state index in [1.807, 2.05) is 42.2 Å². The molecule has 0 aliphatic carbocycles. The summed E-state index contributed by atoms with van der Waals surface area (Å²) in [5.41, 5.74) is 3.74. The van der Waals surface area contributed by atoms with Crippen LogP contribution in [-0.2, 0) is 21.2 Å². The predicted molar refractivity (Wildman–Crippen MR) is 127 cm³/mol. The zero-order chi connectivity index (χ0) is 22.6. The maximum atomic E-state index is 12.7. The van der Waals surface area contributed by atoms with Gasteiger partial charge in [0, 0.05) is 37.6 Å². The minimum absolute atomic E-state index is 0.154. The third-order valence-corrected chi connectivity index (χ3v) is 7.01. The van der Waals surface area contributed by atoms with Crippen LogP contribution in [0.3, 0.4) is 0 Å². The number of piperazine rings is 1. The predicted octanol–water partition coefficient (Wildman–Crippen LogP) is 3.69. The molecule has 0 saturated carbocycles. The van der Waals surface area contributed by atoms with Gasteiger partial charge in [0.05, 0.1) is 11.3 Å². The fourth-order valence-electron chi connectivity index (χ4n) is 3.88. The highest BCUT2D eigenvalue weighted by atomic mass is 32.2. The van der Waals surface area contributed by atoms with Gasteiger partial charge in [0.1, 0.15) is 0 Å². The Bertz CT molecular complexity index is 1170. The second kappa shape index (κ2) is 9.44. The normalized spacial score (nSPS) is 14.3. The smallest absolute Gasteiger partial charge is 0.261 e. The average Bonchev–Trinajstić information content (AvgIpc) is 2.80. The number of carbonyl (C=O) groups excluding carboxylic acids is 1. The Hall–Kier alpha value is -3.32. The second-order valence-corrected chi connectivity index (χ2v) is 9.68. The lowest BCUT2D eigenvalue weighted by molar-refractivity contribution is -0.130. The van der Waals surface area contributed by atoms with Gasteiger partial charge in [-0.3, -0.25) is 9.52 Å². The number of sulfonamides is 1. The van der Waals surface area contributed by atoms with Gasteiger partial charge in [-0.1, -0.05) is 48.0 Å². The molecule has 0 unspecified atom stereocenters. The third-order valence-electron chi connectivity index (χ3n) is 5.61. The molecule has 1 amide bonds. The Morgan fingerprint density at radius 1 is 0.875 bits per heavy atom. The minimum Gasteiger partial charge on any atom is -0.368 e. The van der Waals surface area contributed by atoms with Crippen LogP contribution in [0.15, 0.2) is 83.8 Å². The van der Waals surface area contributed by atoms with Crippen molar-refractivity contribution in [3.63, 3.8) is 0 Å². The van der Waals surface area contributed by atoms with E-state index >= 15 is 0 Å². The first-order valence-electron chi connectivity index (χ1n) is 10.7. The summed E-state index contributed by atoms with van der Waals surface area (Å²) >= 11 is 0. The van der Waals surface area contributed by atoms with Crippen molar-refractivity contribution in [2.75, 3.05) is 35.8 Å². The van der Waals surface area contributed by atoms with Crippen LogP contribution >= 0.6 is 0 Å². The Morgan fingerprint density at radius 2 is 1.56 bits per heavy atom. The summed E-state index contributed by atoms with van der Waals surface area (Å²) in [6.07, 6.45) is 0.429. The van der Waals surface area contributed by atoms with E-state index in [9.17, 15) is 13.2 Å². The summed E-state index contributed by atoms with van der Waals surface area (Å²) in [6, 6.07) is 23.7. The highest BCUT2D eigenvalue weighted by molar-refractivity contribution is 7.92. The van der Waals surface area contributed by atoms with Crippen molar-refractivity contribution in [2.45, 2.75) is 18.2 Å². The van der Waals surface area contributed by atoms with Gasteiger partial charge < -0.3 is 9.80 Å². The summed E-state index contributed by atoms with van der Waals surface area (Å²) in [6.45, 7) is 4.87. The summed E-state index contributed by atoms with van der Waals surface area (Å²) in [4.78, 5) is 17.0. The van der Waals surface area contributed by atoms with Crippen molar-refractivity contribution < 1.29 is 13.2 Å². The zero-order valence-corrected chi connectivity index (χ0v) is 18.9. The number of rotatable bonds is 6. The number of amides is 1. The highest BCUT2D eigenvalue weighted by Gasteiger charge is 2.21. The molecule has 0 radical (unpaired) electrons. The fourth-order valence-corrected chi connectivity index (χ4v) is 4.96. The molecule has 1 aliphatic heterocycles. The molecule has 6 nitrogen and oxygen atoms in total. The van der Waals surface area contributed by atoms with Crippen molar-refractivity contribution in [1.82, 2.24) is 4.90 Å². The molecule has 1 aliphatic rings. The van der Waals surface area contributed by atoms with Crippen LogP contribution in [0.1, 0.15) is 11.1 Å². The van der Waals surface area contributed by atoms with Crippen LogP contribution in [0.2, 0.25) is 0 Å². The highest BCUT2D eigenvalue weighted by Crippen LogP contribution is 2.22. The lowest BCUT2D eigenvalue weighted by Crippen LogP contribution is -2.49. The number of nitrogens with zero attached hydrogens (tertiary/aromatic N) is 2. The van der Waals surface area contributed by atoms with E-state index in [1.165, 1.54) is 0 Å². The van der Waals surface area contributed by atoms with Crippen molar-refractivity contribution in [2.24, 2.45) is 0 Å². The lowest BCUT2D eigenvalue weighted by Gasteiger charge is -2.36. The molecule has 3 aromatic rings. The Balaban J connectivity index is 1.32. The van der Waals surface area contributed by atoms with Crippen molar-refractivity contribution in [3.05, 3.63) is 90.0 Å². The van der Waals surface area contributed by atoms with Gasteiger partial charge in [-0.05, 0) is 48.9 Å². The molecule has 1 N–H and O–H groups in total. The van der Waals surface area contributed by atoms with E-state index in [0.717, 1.165) is 29.9 Å². The number of benzene rings is 3. The molecule has 3 aromatic carbocycles. The Labute approximate surface area is 189 Å². The molecular weight excluding hydrogens is 422 g/mol. The van der Waals surface area contributed by atoms with Crippen molar-refractivity contribution >= 4 is 27.3 Å². The number of carbonyl (C=O) groups is 1. The Morgan fingerprint density at radius 3 is 2.22 bits per heavy atom. The molecule has 0 atom stereocenters. The van der Waals surface area contributed by atoms with Gasteiger partial charge in [0.15, 0.2) is 0 Å². The Kier molecular flexibility index (Phi) is 6.46. The van der Waals surface area contributed by atoms with Crippen LogP contribution in [-0.4, -0.2) is 45.4 Å². The standard InChI is InChI=1S/C25H27N3O3S/c1-20-6-5-7-21(18-20)19-25(29)28-16-14-27(15-17-28)23-12-10-22(11-13-23)26-32(30,31)24-8-3-2-4-9-24/h2-13,18,26H,14-17,19H2,1H3. The molecule has 4 rings (SSSR count). The molecule has 7 heteroatoms. The molecule has 166 valence electrons. The van der Waals surface area contributed by atoms with Gasteiger partial charge in [-0.15, -0.1) is 0 Å². The number of aryl methyl sites for hydroxylation is 1. The SMILES string of the molecule is Cc1cccc(CC(=O)N2CCN(c3ccc(NS(=O)(=O)c4ccccc4)cc3)CC2)c1. The fraction of sp³-hybridized carbons (Fsp3) is 0.240. The van der Waals surface area contributed by atoms with E-state index < -0.39 is 10.0 Å². The summed E-state index contributed by atoms with van der Waals surface area (Å²) in [7, 11) is -3.60. The zero-order valence-electron chi connectivity index (χ0n) is 18.1. The largest absolute Gasteiger partial charge is 0.368 e. The molecule has 0 bridgehead atoms. The van der Waals surface area contributed by atoms with E-state index in [-0.39, 0.29) is 10.8 Å². The molecule has 0 spiro atoms. The first-order chi connectivity index (χ1) is 15.4. The van der Waals surface area contributed by atoms with E-state index in [4.69, 9.17) is 0 Å². The summed E-state index contributed by atoms with van der Waals surface area (Å²) < 4.78 is 27.6. The van der Waals surface area contributed by atoms with Crippen LogP contribution in [0.4, 0.5) is 11.4 Å². The van der Waals surface area contributed by atoms with Crippen molar-refractivity contribution in [1.29, 1.82) is 0 Å². The topological polar surface area (TPSA) is 69.7 Å². The minimum atomic E-state index is -3.60. The maximum Gasteiger partial charge on any atom is 0.261 e. The van der Waals surface area contributed by atoms with Gasteiger partial charge in [-0.25, -0.2) is 8.42 Å². The molecule has 0 aromatic heterocycles. The lowest BCUT2D eigenvalue weighted by atomic mass is 10.1. The first kappa shape index (κ1) is 21.9. The van der Waals surface area contributed by atoms with Gasteiger partial charge >= 0.3 is 0 Å². The molecule has 1 heterocycles. The average molecular weight is 450 g/mol. The molecule has 1 fully saturated rings. The second-order valence-electron chi connectivity index (χ2n) is 8.00. The number of anilines is 2. The van der Waals surface area contributed by atoms with Gasteiger partial charge in [0.2, 0.25) is 5.91 Å². The maximum absolute atomic E-state index is 12.7. The van der Waals surface area contributed by atoms with Crippen molar-refractivity contribution in [3.8, 4) is 0 Å². The quantitative estimate of drug-likeness (QED) is 0.623. The summed E-state index contributed by atoms with van der Waals surface area (Å²) in [5.74, 6) is 0.154. The monoisotopic (exact) mass is 449 g/mol. The van der Waals surface area contributed by atoms with Gasteiger partial charge in [-0.2, -0.15) is 0 Å². The number of nitrogens with one attached hydrogen (secondary N) is 1. The summed E-state index contributed by atoms with van der Waals surface area (Å²) in [5, 5.41) is 0. The third kappa shape index (κ3) is 5.29. The van der Waals surface area contributed by atoms with Crippen LogP contribution in [0.5, 0.6) is 0 Å². The molecule has 32 heavy (non-hydrogen) atoms. The molecular formula is C25H27N3O3S. The van der Waals surface area contributed by atoms with E-state index in [0.29, 0.717) is 25.2 Å². The van der Waals surface area contributed by atoms with Crippen LogP contribution in [0.25, 0.3) is 0 Å².